The van der Waals surface area contributed by atoms with Crippen LogP contribution in [0.4, 0.5) is 4.39 Å². The summed E-state index contributed by atoms with van der Waals surface area (Å²) in [4.78, 5) is 18.5. The molecule has 2 aromatic carbocycles. The Balaban J connectivity index is 1.71. The third kappa shape index (κ3) is 6.45. The van der Waals surface area contributed by atoms with Crippen molar-refractivity contribution in [1.82, 2.24) is 14.2 Å². The summed E-state index contributed by atoms with van der Waals surface area (Å²) in [5.41, 5.74) is 1.39. The van der Waals surface area contributed by atoms with Crippen LogP contribution in [0.1, 0.15) is 35.5 Å². The molecule has 0 radical (unpaired) electrons. The fourth-order valence-corrected chi connectivity index (χ4v) is 6.06. The Morgan fingerprint density at radius 3 is 2.54 bits per heavy atom. The molecule has 1 amide bonds. The summed E-state index contributed by atoms with van der Waals surface area (Å²) in [6.45, 7) is 3.39. The molecule has 3 aromatic rings. The number of carbonyl (C=O) groups is 1. The van der Waals surface area contributed by atoms with Gasteiger partial charge in [-0.25, -0.2) is 12.8 Å². The Morgan fingerprint density at radius 1 is 1.18 bits per heavy atom. The second-order valence-corrected chi connectivity index (χ2v) is 11.4. The van der Waals surface area contributed by atoms with E-state index in [2.05, 4.69) is 16.8 Å². The molecule has 0 spiro atoms. The predicted octanol–water partition coefficient (Wildman–Crippen LogP) is 3.16. The number of fused-ring (bicyclic) bond motifs is 1. The van der Waals surface area contributed by atoms with E-state index in [1.54, 1.807) is 62.6 Å². The Labute approximate surface area is 228 Å². The minimum atomic E-state index is -4.02. The van der Waals surface area contributed by atoms with E-state index in [9.17, 15) is 22.7 Å². The molecule has 1 N–H and O–H groups in total. The molecule has 1 aromatic heterocycles. The maximum atomic E-state index is 13.7. The quantitative estimate of drug-likeness (QED) is 0.489. The largest absolute Gasteiger partial charge is 0.487 e. The number of ether oxygens (including phenoxy) is 1. The molecule has 10 heteroatoms. The number of aliphatic hydroxyl groups is 1. The molecule has 8 nitrogen and oxygen atoms in total. The van der Waals surface area contributed by atoms with Gasteiger partial charge in [-0.3, -0.25) is 9.78 Å². The third-order valence-electron chi connectivity index (χ3n) is 6.55. The maximum absolute atomic E-state index is 13.7. The zero-order valence-electron chi connectivity index (χ0n) is 21.9. The lowest BCUT2D eigenvalue weighted by Gasteiger charge is -2.37. The first-order valence-electron chi connectivity index (χ1n) is 12.5. The van der Waals surface area contributed by atoms with E-state index in [0.29, 0.717) is 11.1 Å². The Hall–Kier alpha value is -3.78. The summed E-state index contributed by atoms with van der Waals surface area (Å²) in [6.07, 6.45) is 0.963. The van der Waals surface area contributed by atoms with E-state index in [0.717, 1.165) is 0 Å². The van der Waals surface area contributed by atoms with Crippen LogP contribution in [-0.2, 0) is 10.0 Å². The molecule has 0 fully saturated rings. The van der Waals surface area contributed by atoms with Crippen LogP contribution in [0.15, 0.2) is 71.8 Å². The normalized spacial score (nSPS) is 19.3. The minimum absolute atomic E-state index is 0.0502. The molecule has 0 saturated carbocycles. The number of amides is 1. The van der Waals surface area contributed by atoms with Crippen molar-refractivity contribution >= 4 is 15.9 Å². The van der Waals surface area contributed by atoms with E-state index in [-0.39, 0.29) is 53.7 Å². The molecular formula is C29H30FN3O5S. The van der Waals surface area contributed by atoms with Crippen LogP contribution in [0.25, 0.3) is 0 Å². The van der Waals surface area contributed by atoms with Gasteiger partial charge in [0.1, 0.15) is 28.3 Å². The highest BCUT2D eigenvalue weighted by Gasteiger charge is 2.38. The zero-order valence-corrected chi connectivity index (χ0v) is 22.7. The number of pyridine rings is 1. The summed E-state index contributed by atoms with van der Waals surface area (Å²) >= 11 is 0. The van der Waals surface area contributed by atoms with Crippen LogP contribution in [0.5, 0.6) is 5.75 Å². The van der Waals surface area contributed by atoms with Crippen LogP contribution in [0, 0.1) is 23.6 Å². The Bertz CT molecular complexity index is 1490. The van der Waals surface area contributed by atoms with Crippen molar-refractivity contribution in [3.8, 4) is 17.6 Å². The third-order valence-corrected chi connectivity index (χ3v) is 8.57. The molecule has 2 heterocycles. The lowest BCUT2D eigenvalue weighted by Crippen LogP contribution is -2.50. The van der Waals surface area contributed by atoms with Gasteiger partial charge in [-0.15, -0.1) is 0 Å². The highest BCUT2D eigenvalue weighted by Crippen LogP contribution is 2.34. The number of nitrogens with zero attached hydrogens (tertiary/aromatic N) is 3. The molecule has 0 unspecified atom stereocenters. The number of sulfonamides is 1. The lowest BCUT2D eigenvalue weighted by atomic mass is 10.0. The molecule has 3 atom stereocenters. The van der Waals surface area contributed by atoms with Crippen molar-refractivity contribution in [1.29, 1.82) is 0 Å². The van der Waals surface area contributed by atoms with Crippen LogP contribution >= 0.6 is 0 Å². The maximum Gasteiger partial charge on any atom is 0.272 e. The zero-order chi connectivity index (χ0) is 28.2. The smallest absolute Gasteiger partial charge is 0.272 e. The van der Waals surface area contributed by atoms with Crippen molar-refractivity contribution in [2.45, 2.75) is 30.9 Å². The number of halogens is 1. The van der Waals surface area contributed by atoms with Gasteiger partial charge in [0.2, 0.25) is 10.0 Å². The fourth-order valence-electron chi connectivity index (χ4n) is 4.24. The van der Waals surface area contributed by atoms with E-state index in [4.69, 9.17) is 4.74 Å². The van der Waals surface area contributed by atoms with Crippen LogP contribution in [0.3, 0.4) is 0 Å². The molecule has 0 aliphatic carbocycles. The van der Waals surface area contributed by atoms with Crippen molar-refractivity contribution < 1.29 is 27.4 Å². The van der Waals surface area contributed by atoms with Crippen molar-refractivity contribution in [3.63, 3.8) is 0 Å². The number of hydrogen-bond donors (Lipinski definition) is 1. The number of hydrogen-bond acceptors (Lipinski definition) is 6. The molecule has 1 aliphatic rings. The van der Waals surface area contributed by atoms with Crippen LogP contribution < -0.4 is 4.74 Å². The average molecular weight is 552 g/mol. The summed E-state index contributed by atoms with van der Waals surface area (Å²) in [7, 11) is -2.38. The SMILES string of the molecule is C[C@@H]1CN([C@@H](C)CO)S(=O)(=O)c2ccc(C#Cc3ccc(F)cc3)cc2O[C@@H]1CN(C)C(=O)c1ccccn1. The first-order chi connectivity index (χ1) is 18.6. The van der Waals surface area contributed by atoms with Crippen molar-refractivity contribution in [2.24, 2.45) is 5.92 Å². The van der Waals surface area contributed by atoms with Crippen LogP contribution in [-0.4, -0.2) is 72.5 Å². The van der Waals surface area contributed by atoms with E-state index >= 15 is 0 Å². The average Bonchev–Trinajstić information content (AvgIpc) is 2.94. The Kier molecular flexibility index (Phi) is 8.65. The molecule has 1 aliphatic heterocycles. The van der Waals surface area contributed by atoms with Crippen LogP contribution in [0.2, 0.25) is 0 Å². The number of benzene rings is 2. The lowest BCUT2D eigenvalue weighted by molar-refractivity contribution is 0.0559. The summed E-state index contributed by atoms with van der Waals surface area (Å²) in [5.74, 6) is 5.02. The minimum Gasteiger partial charge on any atom is -0.487 e. The molecule has 39 heavy (non-hydrogen) atoms. The highest BCUT2D eigenvalue weighted by molar-refractivity contribution is 7.89. The van der Waals surface area contributed by atoms with Crippen molar-refractivity contribution in [3.05, 3.63) is 89.5 Å². The van der Waals surface area contributed by atoms with E-state index < -0.39 is 22.2 Å². The van der Waals surface area contributed by atoms with Gasteiger partial charge in [-0.1, -0.05) is 24.8 Å². The van der Waals surface area contributed by atoms with Gasteiger partial charge >= 0.3 is 0 Å². The molecule has 4 rings (SSSR count). The number of carbonyl (C=O) groups excluding carboxylic acids is 1. The first-order valence-corrected chi connectivity index (χ1v) is 13.9. The standard InChI is InChI=1S/C29H30FN3O5S/c1-20-17-33(21(2)19-34)39(36,37)28-14-11-23(8-7-22-9-12-24(30)13-10-22)16-26(28)38-27(20)18-32(3)29(35)25-6-4-5-15-31-25/h4-6,9-16,20-21,27,34H,17-19H2,1-3H3/t20-,21+,27-/m1/s1. The van der Waals surface area contributed by atoms with Gasteiger partial charge in [-0.05, 0) is 61.5 Å². The van der Waals surface area contributed by atoms with Gasteiger partial charge in [0.25, 0.3) is 5.91 Å². The molecular weight excluding hydrogens is 521 g/mol. The fraction of sp³-hybridized carbons (Fsp3) is 0.310. The second-order valence-electron chi connectivity index (χ2n) is 9.56. The molecule has 0 bridgehead atoms. The number of aliphatic hydroxyl groups excluding tert-OH is 1. The van der Waals surface area contributed by atoms with Gasteiger partial charge in [-0.2, -0.15) is 4.31 Å². The second kappa shape index (κ2) is 11.9. The summed E-state index contributed by atoms with van der Waals surface area (Å²) in [6, 6.07) is 14.7. The molecule has 0 saturated heterocycles. The van der Waals surface area contributed by atoms with E-state index in [1.165, 1.54) is 27.4 Å². The number of aromatic nitrogens is 1. The topological polar surface area (TPSA) is 100 Å². The van der Waals surface area contributed by atoms with Crippen molar-refractivity contribution in [2.75, 3.05) is 26.7 Å². The predicted molar refractivity (Wildman–Crippen MR) is 144 cm³/mol. The summed E-state index contributed by atoms with van der Waals surface area (Å²) in [5, 5.41) is 9.83. The van der Waals surface area contributed by atoms with Gasteiger partial charge < -0.3 is 14.7 Å². The number of likely N-dealkylation sites (N-methyl/N-ethyl adjacent to an activating group) is 1. The molecule has 204 valence electrons. The van der Waals surface area contributed by atoms with Gasteiger partial charge in [0.05, 0.1) is 13.2 Å². The Morgan fingerprint density at radius 2 is 1.87 bits per heavy atom. The van der Waals surface area contributed by atoms with E-state index in [1.807, 2.05) is 6.92 Å². The number of rotatable bonds is 5. The van der Waals surface area contributed by atoms with Gasteiger partial charge in [0, 0.05) is 42.9 Å². The summed E-state index contributed by atoms with van der Waals surface area (Å²) < 4.78 is 48.1. The van der Waals surface area contributed by atoms with Gasteiger partial charge in [0.15, 0.2) is 0 Å². The first kappa shape index (κ1) is 28.2. The highest BCUT2D eigenvalue weighted by atomic mass is 32.2. The monoisotopic (exact) mass is 551 g/mol.